The van der Waals surface area contributed by atoms with Gasteiger partial charge in [0.1, 0.15) is 11.5 Å². The second-order valence-electron chi connectivity index (χ2n) is 6.86. The van der Waals surface area contributed by atoms with Gasteiger partial charge in [0.2, 0.25) is 0 Å². The summed E-state index contributed by atoms with van der Waals surface area (Å²) >= 11 is 0. The number of benzene rings is 2. The van der Waals surface area contributed by atoms with Crippen molar-refractivity contribution in [3.63, 3.8) is 0 Å². The Bertz CT molecular complexity index is 957. The van der Waals surface area contributed by atoms with E-state index in [1.165, 1.54) is 19.1 Å². The minimum absolute atomic E-state index is 0.127. The number of carbonyl (C=O) groups is 2. The van der Waals surface area contributed by atoms with Gasteiger partial charge < -0.3 is 20.4 Å². The Morgan fingerprint density at radius 2 is 1.44 bits per heavy atom. The fraction of sp³-hybridized carbons (Fsp3) is 0.263. The first-order valence-corrected chi connectivity index (χ1v) is 7.92. The first-order valence-electron chi connectivity index (χ1n) is 7.92. The zero-order valence-electron chi connectivity index (χ0n) is 13.4. The first kappa shape index (κ1) is 15.8. The highest BCUT2D eigenvalue weighted by Crippen LogP contribution is 2.46. The largest absolute Gasteiger partial charge is 0.507 e. The lowest BCUT2D eigenvalue weighted by Gasteiger charge is -2.36. The fourth-order valence-electron chi connectivity index (χ4n) is 3.71. The predicted molar refractivity (Wildman–Crippen MR) is 87.1 cm³/mol. The Morgan fingerprint density at radius 3 is 1.96 bits per heavy atom. The Kier molecular flexibility index (Phi) is 3.10. The number of hydrogen-bond donors (Lipinski definition) is 4. The highest BCUT2D eigenvalue weighted by atomic mass is 16.3. The van der Waals surface area contributed by atoms with Crippen LogP contribution in [0.25, 0.3) is 0 Å². The Balaban J connectivity index is 2.04. The van der Waals surface area contributed by atoms with Gasteiger partial charge in [0.05, 0.1) is 22.8 Å². The van der Waals surface area contributed by atoms with Crippen LogP contribution in [0.2, 0.25) is 0 Å². The molecule has 4 rings (SSSR count). The number of rotatable bonds is 0. The molecule has 6 heteroatoms. The average Bonchev–Trinajstić information content (AvgIpc) is 2.57. The molecule has 0 amide bonds. The van der Waals surface area contributed by atoms with E-state index in [4.69, 9.17) is 0 Å². The predicted octanol–water partition coefficient (Wildman–Crippen LogP) is 1.08. The van der Waals surface area contributed by atoms with Gasteiger partial charge in [0.25, 0.3) is 0 Å². The lowest BCUT2D eigenvalue weighted by Crippen LogP contribution is -2.46. The van der Waals surface area contributed by atoms with Gasteiger partial charge in [0, 0.05) is 35.1 Å². The van der Waals surface area contributed by atoms with Crippen LogP contribution in [0.3, 0.4) is 0 Å². The van der Waals surface area contributed by atoms with E-state index < -0.39 is 34.8 Å². The average molecular weight is 340 g/mol. The molecule has 0 saturated heterocycles. The topological polar surface area (TPSA) is 115 Å². The maximum Gasteiger partial charge on any atom is 0.198 e. The molecule has 0 saturated carbocycles. The number of carbonyl (C=O) groups excluding carboxylic acids is 2. The quantitative estimate of drug-likeness (QED) is 0.455. The molecule has 6 nitrogen and oxygen atoms in total. The Labute approximate surface area is 143 Å². The molecule has 0 spiro atoms. The van der Waals surface area contributed by atoms with Gasteiger partial charge in [-0.15, -0.1) is 0 Å². The molecular weight excluding hydrogens is 324 g/mol. The summed E-state index contributed by atoms with van der Waals surface area (Å²) in [4.78, 5) is 25.6. The Morgan fingerprint density at radius 1 is 0.960 bits per heavy atom. The Hall–Kier alpha value is -2.70. The normalized spacial score (nSPS) is 24.5. The second-order valence-corrected chi connectivity index (χ2v) is 6.86. The third-order valence-electron chi connectivity index (χ3n) is 5.18. The summed E-state index contributed by atoms with van der Waals surface area (Å²) in [5.74, 6) is -1.92. The lowest BCUT2D eigenvalue weighted by molar-refractivity contribution is -0.0668. The number of phenols is 2. The molecule has 2 aromatic rings. The molecule has 0 unspecified atom stereocenters. The van der Waals surface area contributed by atoms with Crippen LogP contribution in [0.4, 0.5) is 0 Å². The standard InChI is InChI=1S/C19H16O6/c1-19(25)7-11-10(6-12(19)20)17(23)13-14(18(11)24)16(22)9-5-3-2-4-8(9)15(13)21/h2-5,12,20,23-25H,6-7H2,1H3/t12-,19+/m1/s1. The number of aromatic hydroxyl groups is 2. The van der Waals surface area contributed by atoms with E-state index in [1.54, 1.807) is 12.1 Å². The van der Waals surface area contributed by atoms with Crippen molar-refractivity contribution in [2.75, 3.05) is 0 Å². The second kappa shape index (κ2) is 4.91. The molecule has 0 fully saturated rings. The summed E-state index contributed by atoms with van der Waals surface area (Å²) in [7, 11) is 0. The van der Waals surface area contributed by atoms with Crippen LogP contribution in [-0.4, -0.2) is 43.7 Å². The van der Waals surface area contributed by atoms with E-state index in [9.17, 15) is 30.0 Å². The molecule has 2 atom stereocenters. The SMILES string of the molecule is C[C@]1(O)Cc2c(O)c3c(c(O)c2C[C@H]1O)C(=O)c1ccccc1C3=O. The van der Waals surface area contributed by atoms with Crippen molar-refractivity contribution in [3.8, 4) is 11.5 Å². The van der Waals surface area contributed by atoms with Gasteiger partial charge in [-0.3, -0.25) is 9.59 Å². The molecule has 2 aliphatic carbocycles. The fourth-order valence-corrected chi connectivity index (χ4v) is 3.71. The van der Waals surface area contributed by atoms with Crippen LogP contribution in [0.5, 0.6) is 11.5 Å². The van der Waals surface area contributed by atoms with Gasteiger partial charge in [-0.1, -0.05) is 24.3 Å². The van der Waals surface area contributed by atoms with Gasteiger partial charge in [0.15, 0.2) is 11.6 Å². The van der Waals surface area contributed by atoms with E-state index in [1.807, 2.05) is 0 Å². The van der Waals surface area contributed by atoms with Gasteiger partial charge in [-0.25, -0.2) is 0 Å². The van der Waals surface area contributed by atoms with E-state index >= 15 is 0 Å². The molecule has 2 aromatic carbocycles. The molecule has 0 bridgehead atoms. The smallest absolute Gasteiger partial charge is 0.198 e. The summed E-state index contributed by atoms with van der Waals surface area (Å²) in [5, 5.41) is 41.7. The number of ketones is 2. The molecule has 0 aromatic heterocycles. The van der Waals surface area contributed by atoms with Crippen LogP contribution in [0.15, 0.2) is 24.3 Å². The third-order valence-corrected chi connectivity index (χ3v) is 5.18. The van der Waals surface area contributed by atoms with Gasteiger partial charge in [-0.2, -0.15) is 0 Å². The molecule has 0 aliphatic heterocycles. The van der Waals surface area contributed by atoms with Crippen molar-refractivity contribution in [3.05, 3.63) is 57.6 Å². The first-order chi connectivity index (χ1) is 11.7. The molecule has 0 radical (unpaired) electrons. The third kappa shape index (κ3) is 1.98. The zero-order chi connectivity index (χ0) is 18.1. The maximum atomic E-state index is 12.8. The minimum Gasteiger partial charge on any atom is -0.507 e. The molecule has 25 heavy (non-hydrogen) atoms. The van der Waals surface area contributed by atoms with Gasteiger partial charge >= 0.3 is 0 Å². The summed E-state index contributed by atoms with van der Waals surface area (Å²) in [6.45, 7) is 1.42. The van der Waals surface area contributed by atoms with E-state index in [0.717, 1.165) is 0 Å². The van der Waals surface area contributed by atoms with Crippen LogP contribution in [0, 0.1) is 0 Å². The molecule has 2 aliphatic rings. The number of aliphatic hydroxyl groups excluding tert-OH is 1. The van der Waals surface area contributed by atoms with E-state index in [2.05, 4.69) is 0 Å². The summed E-state index contributed by atoms with van der Waals surface area (Å²) in [5.41, 5.74) is -1.29. The molecule has 128 valence electrons. The summed E-state index contributed by atoms with van der Waals surface area (Å²) < 4.78 is 0. The van der Waals surface area contributed by atoms with Crippen molar-refractivity contribution < 1.29 is 30.0 Å². The monoisotopic (exact) mass is 340 g/mol. The van der Waals surface area contributed by atoms with Crippen LogP contribution >= 0.6 is 0 Å². The minimum atomic E-state index is -1.51. The number of phenolic OH excluding ortho intramolecular Hbond substituents is 2. The lowest BCUT2D eigenvalue weighted by atomic mass is 9.73. The van der Waals surface area contributed by atoms with Crippen LogP contribution in [0.1, 0.15) is 49.9 Å². The zero-order valence-corrected chi connectivity index (χ0v) is 13.4. The highest BCUT2D eigenvalue weighted by Gasteiger charge is 2.43. The molecular formula is C19H16O6. The van der Waals surface area contributed by atoms with Crippen LogP contribution < -0.4 is 0 Å². The van der Waals surface area contributed by atoms with Crippen LogP contribution in [-0.2, 0) is 12.8 Å². The van der Waals surface area contributed by atoms with Crippen molar-refractivity contribution >= 4 is 11.6 Å². The van der Waals surface area contributed by atoms with Crippen molar-refractivity contribution in [1.29, 1.82) is 0 Å². The number of aliphatic hydroxyl groups is 2. The van der Waals surface area contributed by atoms with E-state index in [0.29, 0.717) is 0 Å². The summed E-state index contributed by atoms with van der Waals surface area (Å²) in [6.07, 6.45) is -1.43. The molecule has 4 N–H and O–H groups in total. The number of fused-ring (bicyclic) bond motifs is 3. The van der Waals surface area contributed by atoms with Crippen molar-refractivity contribution in [1.82, 2.24) is 0 Å². The highest BCUT2D eigenvalue weighted by molar-refractivity contribution is 6.30. The number of hydrogen-bond acceptors (Lipinski definition) is 6. The van der Waals surface area contributed by atoms with Gasteiger partial charge in [-0.05, 0) is 6.92 Å². The summed E-state index contributed by atoms with van der Waals surface area (Å²) in [6, 6.07) is 6.22. The van der Waals surface area contributed by atoms with Crippen molar-refractivity contribution in [2.45, 2.75) is 31.5 Å². The maximum absolute atomic E-state index is 12.8. The molecule has 0 heterocycles. The van der Waals surface area contributed by atoms with E-state index in [-0.39, 0.29) is 46.2 Å². The van der Waals surface area contributed by atoms with Crippen molar-refractivity contribution in [2.24, 2.45) is 0 Å².